The summed E-state index contributed by atoms with van der Waals surface area (Å²) in [7, 11) is 0. The van der Waals surface area contributed by atoms with Gasteiger partial charge in [0.25, 0.3) is 0 Å². The third-order valence-corrected chi connectivity index (χ3v) is 6.35. The molecule has 1 aromatic heterocycles. The number of piperazine rings is 1. The van der Waals surface area contributed by atoms with Gasteiger partial charge in [0.05, 0.1) is 12.2 Å². The summed E-state index contributed by atoms with van der Waals surface area (Å²) in [4.78, 5) is 19.5. The average molecular weight is 396 g/mol. The maximum Gasteiger partial charge on any atom is 0.236 e. The van der Waals surface area contributed by atoms with Gasteiger partial charge >= 0.3 is 0 Å². The summed E-state index contributed by atoms with van der Waals surface area (Å²) < 4.78 is 2.15. The molecular formula is C23H33N5O. The third-order valence-electron chi connectivity index (χ3n) is 6.35. The number of nitrogens with zero attached hydrogens (tertiary/aromatic N) is 5. The Kier molecular flexibility index (Phi) is 6.19. The van der Waals surface area contributed by atoms with Crippen LogP contribution >= 0.6 is 0 Å². The van der Waals surface area contributed by atoms with Gasteiger partial charge in [-0.1, -0.05) is 18.2 Å². The second-order valence-electron chi connectivity index (χ2n) is 8.53. The average Bonchev–Trinajstić information content (AvgIpc) is 3.07. The van der Waals surface area contributed by atoms with Gasteiger partial charge in [-0.15, -0.1) is 0 Å². The van der Waals surface area contributed by atoms with Gasteiger partial charge in [-0.2, -0.15) is 5.10 Å². The summed E-state index contributed by atoms with van der Waals surface area (Å²) in [6.07, 6.45) is 2.29. The Morgan fingerprint density at radius 1 is 1.00 bits per heavy atom. The molecule has 0 spiro atoms. The summed E-state index contributed by atoms with van der Waals surface area (Å²) in [5.74, 6) is 0.948. The van der Waals surface area contributed by atoms with E-state index in [1.54, 1.807) is 0 Å². The number of carbonyl (C=O) groups is 1. The van der Waals surface area contributed by atoms with E-state index in [1.807, 2.05) is 11.0 Å². The van der Waals surface area contributed by atoms with Crippen LogP contribution in [0.3, 0.4) is 0 Å². The Morgan fingerprint density at radius 3 is 2.31 bits per heavy atom. The summed E-state index contributed by atoms with van der Waals surface area (Å²) in [5, 5.41) is 4.60. The molecule has 0 N–H and O–H groups in total. The van der Waals surface area contributed by atoms with Crippen molar-refractivity contribution >= 4 is 11.6 Å². The zero-order chi connectivity index (χ0) is 20.2. The number of aromatic nitrogens is 2. The zero-order valence-corrected chi connectivity index (χ0v) is 17.8. The van der Waals surface area contributed by atoms with Gasteiger partial charge in [-0.05, 0) is 63.9 Å². The van der Waals surface area contributed by atoms with E-state index in [-0.39, 0.29) is 5.91 Å². The van der Waals surface area contributed by atoms with Crippen molar-refractivity contribution in [2.24, 2.45) is 5.92 Å². The first-order chi connectivity index (χ1) is 14.1. The lowest BCUT2D eigenvalue weighted by Crippen LogP contribution is -2.52. The van der Waals surface area contributed by atoms with E-state index in [2.05, 4.69) is 63.8 Å². The first-order valence-electron chi connectivity index (χ1n) is 10.9. The molecule has 0 aliphatic carbocycles. The normalized spacial score (nSPS) is 19.0. The number of hydrogen-bond donors (Lipinski definition) is 0. The Balaban J connectivity index is 1.20. The van der Waals surface area contributed by atoms with Crippen LogP contribution in [-0.2, 0) is 11.3 Å². The molecule has 0 radical (unpaired) electrons. The third kappa shape index (κ3) is 4.99. The number of rotatable bonds is 5. The Labute approximate surface area is 174 Å². The molecule has 1 amide bonds. The van der Waals surface area contributed by atoms with E-state index in [4.69, 9.17) is 0 Å². The van der Waals surface area contributed by atoms with E-state index in [9.17, 15) is 4.79 Å². The molecule has 2 aliphatic rings. The number of anilines is 1. The smallest absolute Gasteiger partial charge is 0.236 e. The monoisotopic (exact) mass is 395 g/mol. The summed E-state index contributed by atoms with van der Waals surface area (Å²) in [5.41, 5.74) is 3.59. The molecule has 0 bridgehead atoms. The number of benzene rings is 1. The quantitative estimate of drug-likeness (QED) is 0.781. The molecule has 0 saturated carbocycles. The maximum atomic E-state index is 12.8. The molecule has 0 unspecified atom stereocenters. The van der Waals surface area contributed by atoms with Crippen LogP contribution in [-0.4, -0.2) is 71.3 Å². The van der Waals surface area contributed by atoms with E-state index in [0.29, 0.717) is 12.5 Å². The zero-order valence-electron chi connectivity index (χ0n) is 17.8. The lowest BCUT2D eigenvalue weighted by atomic mass is 9.97. The first-order valence-corrected chi connectivity index (χ1v) is 10.9. The van der Waals surface area contributed by atoms with E-state index >= 15 is 0 Å². The molecule has 4 rings (SSSR count). The van der Waals surface area contributed by atoms with E-state index in [0.717, 1.165) is 64.3 Å². The molecule has 6 heteroatoms. The van der Waals surface area contributed by atoms with Crippen molar-refractivity contribution in [3.8, 4) is 0 Å². The highest BCUT2D eigenvalue weighted by atomic mass is 16.2. The van der Waals surface area contributed by atoms with Crippen molar-refractivity contribution in [1.82, 2.24) is 19.6 Å². The molecule has 0 atom stereocenters. The standard InChI is InChI=1S/C23H33N5O/c1-19-16-20(2)28(24-19)17-21-8-10-25(11-9-21)18-23(29)27-14-12-26(13-15-27)22-6-4-3-5-7-22/h3-7,16,21H,8-15,17-18H2,1-2H3. The first kappa shape index (κ1) is 20.0. The van der Waals surface area contributed by atoms with Gasteiger partial charge in [-0.3, -0.25) is 14.4 Å². The van der Waals surface area contributed by atoms with Crippen LogP contribution in [0, 0.1) is 19.8 Å². The van der Waals surface area contributed by atoms with Gasteiger partial charge < -0.3 is 9.80 Å². The summed E-state index contributed by atoms with van der Waals surface area (Å²) in [6.45, 7) is 11.3. The van der Waals surface area contributed by atoms with Crippen molar-refractivity contribution in [3.05, 3.63) is 47.8 Å². The topological polar surface area (TPSA) is 44.6 Å². The molecular weight excluding hydrogens is 362 g/mol. The van der Waals surface area contributed by atoms with Gasteiger partial charge in [0.1, 0.15) is 0 Å². The minimum absolute atomic E-state index is 0.287. The van der Waals surface area contributed by atoms with Crippen molar-refractivity contribution in [3.63, 3.8) is 0 Å². The van der Waals surface area contributed by atoms with Gasteiger partial charge in [0.15, 0.2) is 0 Å². The van der Waals surface area contributed by atoms with Gasteiger partial charge in [0.2, 0.25) is 5.91 Å². The molecule has 2 aliphatic heterocycles. The number of carbonyl (C=O) groups excluding carboxylic acids is 1. The molecule has 29 heavy (non-hydrogen) atoms. The molecule has 2 saturated heterocycles. The van der Waals surface area contributed by atoms with Crippen LogP contribution in [0.1, 0.15) is 24.2 Å². The fourth-order valence-electron chi connectivity index (χ4n) is 4.58. The fourth-order valence-corrected chi connectivity index (χ4v) is 4.58. The van der Waals surface area contributed by atoms with Crippen LogP contribution in [0.4, 0.5) is 5.69 Å². The van der Waals surface area contributed by atoms with Crippen LogP contribution in [0.15, 0.2) is 36.4 Å². The second-order valence-corrected chi connectivity index (χ2v) is 8.53. The molecule has 1 aromatic carbocycles. The Morgan fingerprint density at radius 2 is 1.69 bits per heavy atom. The highest BCUT2D eigenvalue weighted by molar-refractivity contribution is 5.78. The number of hydrogen-bond acceptors (Lipinski definition) is 4. The van der Waals surface area contributed by atoms with Crippen LogP contribution in [0.2, 0.25) is 0 Å². The largest absolute Gasteiger partial charge is 0.368 e. The van der Waals surface area contributed by atoms with E-state index < -0.39 is 0 Å². The SMILES string of the molecule is Cc1cc(C)n(CC2CCN(CC(=O)N3CCN(c4ccccc4)CC3)CC2)n1. The molecule has 2 aromatic rings. The highest BCUT2D eigenvalue weighted by Crippen LogP contribution is 2.20. The Hall–Kier alpha value is -2.34. The lowest BCUT2D eigenvalue weighted by molar-refractivity contribution is -0.133. The number of likely N-dealkylation sites (tertiary alicyclic amines) is 1. The minimum Gasteiger partial charge on any atom is -0.368 e. The van der Waals surface area contributed by atoms with Crippen LogP contribution < -0.4 is 4.90 Å². The van der Waals surface area contributed by atoms with Crippen molar-refractivity contribution < 1.29 is 4.79 Å². The van der Waals surface area contributed by atoms with Gasteiger partial charge in [0, 0.05) is 44.1 Å². The lowest BCUT2D eigenvalue weighted by Gasteiger charge is -2.38. The second kappa shape index (κ2) is 8.99. The number of aryl methyl sites for hydroxylation is 2. The van der Waals surface area contributed by atoms with Crippen molar-refractivity contribution in [2.45, 2.75) is 33.2 Å². The molecule has 156 valence electrons. The van der Waals surface area contributed by atoms with Crippen LogP contribution in [0.5, 0.6) is 0 Å². The fraction of sp³-hybridized carbons (Fsp3) is 0.565. The predicted molar refractivity (Wildman–Crippen MR) is 116 cm³/mol. The molecule has 2 fully saturated rings. The van der Waals surface area contributed by atoms with Crippen molar-refractivity contribution in [1.29, 1.82) is 0 Å². The minimum atomic E-state index is 0.287. The maximum absolute atomic E-state index is 12.8. The Bertz CT molecular complexity index is 802. The van der Waals surface area contributed by atoms with Crippen molar-refractivity contribution in [2.75, 3.05) is 50.7 Å². The van der Waals surface area contributed by atoms with Gasteiger partial charge in [-0.25, -0.2) is 0 Å². The summed E-state index contributed by atoms with van der Waals surface area (Å²) in [6, 6.07) is 12.6. The molecule has 3 heterocycles. The number of para-hydroxylation sites is 1. The van der Waals surface area contributed by atoms with Crippen LogP contribution in [0.25, 0.3) is 0 Å². The summed E-state index contributed by atoms with van der Waals surface area (Å²) >= 11 is 0. The highest BCUT2D eigenvalue weighted by Gasteiger charge is 2.26. The predicted octanol–water partition coefficient (Wildman–Crippen LogP) is 2.56. The number of piperidine rings is 1. The van der Waals surface area contributed by atoms with E-state index in [1.165, 1.54) is 11.4 Å². The molecule has 6 nitrogen and oxygen atoms in total. The number of amides is 1.